The third-order valence-corrected chi connectivity index (χ3v) is 5.84. The zero-order valence-electron chi connectivity index (χ0n) is 10.7. The average molecular weight is 307 g/mol. The van der Waals surface area contributed by atoms with Crippen molar-refractivity contribution in [3.05, 3.63) is 17.0 Å². The SMILES string of the molecule is CCC(O)(CC)CNS(=O)(=O)c1cc(C(=O)O)cs1. The Morgan fingerprint density at radius 2 is 2.00 bits per heavy atom. The molecule has 1 aromatic heterocycles. The van der Waals surface area contributed by atoms with Gasteiger partial charge in [-0.3, -0.25) is 0 Å². The van der Waals surface area contributed by atoms with Crippen molar-refractivity contribution in [3.63, 3.8) is 0 Å². The highest BCUT2D eigenvalue weighted by Gasteiger charge is 2.26. The van der Waals surface area contributed by atoms with Crippen LogP contribution in [0, 0.1) is 0 Å². The van der Waals surface area contributed by atoms with Crippen LogP contribution in [0.2, 0.25) is 0 Å². The summed E-state index contributed by atoms with van der Waals surface area (Å²) in [6.07, 6.45) is 0.855. The van der Waals surface area contributed by atoms with Crippen LogP contribution in [0.25, 0.3) is 0 Å². The molecule has 108 valence electrons. The Labute approximate surface area is 116 Å². The second-order valence-corrected chi connectivity index (χ2v) is 7.12. The fourth-order valence-electron chi connectivity index (χ4n) is 1.37. The van der Waals surface area contributed by atoms with Crippen molar-refractivity contribution in [2.45, 2.75) is 36.5 Å². The summed E-state index contributed by atoms with van der Waals surface area (Å²) in [7, 11) is -3.78. The van der Waals surface area contributed by atoms with Gasteiger partial charge in [-0.15, -0.1) is 11.3 Å². The minimum atomic E-state index is -3.78. The Balaban J connectivity index is 2.84. The summed E-state index contributed by atoms with van der Waals surface area (Å²) >= 11 is 0.838. The number of hydrogen-bond acceptors (Lipinski definition) is 5. The molecular formula is C11H17NO5S2. The number of aromatic carboxylic acids is 1. The Bertz CT molecular complexity index is 545. The lowest BCUT2D eigenvalue weighted by Gasteiger charge is -2.25. The van der Waals surface area contributed by atoms with E-state index in [9.17, 15) is 18.3 Å². The molecular weight excluding hydrogens is 290 g/mol. The smallest absolute Gasteiger partial charge is 0.336 e. The highest BCUT2D eigenvalue weighted by atomic mass is 32.2. The summed E-state index contributed by atoms with van der Waals surface area (Å²) in [5.74, 6) is -1.17. The number of carboxylic acids is 1. The van der Waals surface area contributed by atoms with E-state index in [0.29, 0.717) is 12.8 Å². The van der Waals surface area contributed by atoms with E-state index in [2.05, 4.69) is 4.72 Å². The Morgan fingerprint density at radius 3 is 2.42 bits per heavy atom. The summed E-state index contributed by atoms with van der Waals surface area (Å²) in [4.78, 5) is 10.7. The third kappa shape index (κ3) is 4.00. The van der Waals surface area contributed by atoms with Crippen LogP contribution < -0.4 is 4.72 Å². The Hall–Kier alpha value is -0.960. The maximum atomic E-state index is 11.9. The number of thiophene rings is 1. The van der Waals surface area contributed by atoms with Gasteiger partial charge in [0, 0.05) is 11.9 Å². The minimum Gasteiger partial charge on any atom is -0.478 e. The van der Waals surface area contributed by atoms with Crippen molar-refractivity contribution in [2.24, 2.45) is 0 Å². The minimum absolute atomic E-state index is 0.0633. The zero-order chi connectivity index (χ0) is 14.7. The number of carbonyl (C=O) groups is 1. The van der Waals surface area contributed by atoms with E-state index in [-0.39, 0.29) is 16.3 Å². The summed E-state index contributed by atoms with van der Waals surface area (Å²) in [6.45, 7) is 3.44. The first-order chi connectivity index (χ1) is 8.74. The van der Waals surface area contributed by atoms with E-state index in [4.69, 9.17) is 5.11 Å². The largest absolute Gasteiger partial charge is 0.478 e. The van der Waals surface area contributed by atoms with Crippen LogP contribution >= 0.6 is 11.3 Å². The van der Waals surface area contributed by atoms with Gasteiger partial charge in [0.2, 0.25) is 10.0 Å². The van der Waals surface area contributed by atoms with Crippen LogP contribution in [-0.2, 0) is 10.0 Å². The highest BCUT2D eigenvalue weighted by molar-refractivity contribution is 7.91. The van der Waals surface area contributed by atoms with Crippen molar-refractivity contribution >= 4 is 27.3 Å². The van der Waals surface area contributed by atoms with E-state index in [1.807, 2.05) is 0 Å². The molecule has 0 bridgehead atoms. The fourth-order valence-corrected chi connectivity index (χ4v) is 3.69. The quantitative estimate of drug-likeness (QED) is 0.704. The molecule has 0 aliphatic carbocycles. The van der Waals surface area contributed by atoms with Gasteiger partial charge in [-0.1, -0.05) is 13.8 Å². The van der Waals surface area contributed by atoms with Gasteiger partial charge in [0.15, 0.2) is 0 Å². The summed E-state index contributed by atoms with van der Waals surface area (Å²) in [5.41, 5.74) is -1.15. The summed E-state index contributed by atoms with van der Waals surface area (Å²) in [5, 5.41) is 20.0. The molecule has 1 heterocycles. The van der Waals surface area contributed by atoms with Crippen molar-refractivity contribution in [2.75, 3.05) is 6.54 Å². The second kappa shape index (κ2) is 6.00. The molecule has 0 atom stereocenters. The molecule has 0 fully saturated rings. The first-order valence-electron chi connectivity index (χ1n) is 5.78. The third-order valence-electron chi connectivity index (χ3n) is 2.99. The van der Waals surface area contributed by atoms with Crippen molar-refractivity contribution in [3.8, 4) is 0 Å². The van der Waals surface area contributed by atoms with Crippen LogP contribution in [-0.4, -0.2) is 36.7 Å². The van der Waals surface area contributed by atoms with E-state index in [1.54, 1.807) is 13.8 Å². The van der Waals surface area contributed by atoms with E-state index >= 15 is 0 Å². The molecule has 19 heavy (non-hydrogen) atoms. The lowest BCUT2D eigenvalue weighted by molar-refractivity contribution is 0.0377. The number of aliphatic hydroxyl groups is 1. The number of sulfonamides is 1. The molecule has 0 saturated carbocycles. The molecule has 8 heteroatoms. The van der Waals surface area contributed by atoms with Gasteiger partial charge < -0.3 is 10.2 Å². The zero-order valence-corrected chi connectivity index (χ0v) is 12.3. The molecule has 1 rings (SSSR count). The first kappa shape index (κ1) is 16.1. The standard InChI is InChI=1S/C11H17NO5S2/c1-3-11(15,4-2)7-12-19(16,17)9-5-8(6-18-9)10(13)14/h5-6,12,15H,3-4,7H2,1-2H3,(H,13,14). The second-order valence-electron chi connectivity index (χ2n) is 4.22. The first-order valence-corrected chi connectivity index (χ1v) is 8.14. The van der Waals surface area contributed by atoms with Gasteiger partial charge in [-0.2, -0.15) is 0 Å². The van der Waals surface area contributed by atoms with Crippen LogP contribution in [0.4, 0.5) is 0 Å². The number of rotatable bonds is 7. The predicted molar refractivity (Wildman–Crippen MR) is 72.0 cm³/mol. The predicted octanol–water partition coefficient (Wildman–Crippen LogP) is 1.28. The van der Waals surface area contributed by atoms with Crippen molar-refractivity contribution < 1.29 is 23.4 Å². The Morgan fingerprint density at radius 1 is 1.42 bits per heavy atom. The molecule has 0 unspecified atom stereocenters. The summed E-state index contributed by atoms with van der Waals surface area (Å²) < 4.78 is 26.1. The van der Waals surface area contributed by atoms with E-state index < -0.39 is 21.6 Å². The average Bonchev–Trinajstić information content (AvgIpc) is 2.86. The number of carboxylic acid groups (broad SMARTS) is 1. The topological polar surface area (TPSA) is 104 Å². The molecule has 0 aromatic carbocycles. The van der Waals surface area contributed by atoms with E-state index in [1.165, 1.54) is 5.38 Å². The molecule has 0 aliphatic heterocycles. The maximum Gasteiger partial charge on any atom is 0.336 e. The van der Waals surface area contributed by atoms with Gasteiger partial charge in [-0.05, 0) is 18.9 Å². The molecule has 0 aliphatic rings. The number of nitrogens with one attached hydrogen (secondary N) is 1. The maximum absolute atomic E-state index is 11.9. The molecule has 0 amide bonds. The monoisotopic (exact) mass is 307 g/mol. The van der Waals surface area contributed by atoms with Crippen LogP contribution in [0.3, 0.4) is 0 Å². The van der Waals surface area contributed by atoms with Crippen molar-refractivity contribution in [1.29, 1.82) is 0 Å². The molecule has 0 saturated heterocycles. The van der Waals surface area contributed by atoms with Crippen LogP contribution in [0.15, 0.2) is 15.7 Å². The molecule has 0 radical (unpaired) electrons. The van der Waals surface area contributed by atoms with Gasteiger partial charge in [0.05, 0.1) is 11.2 Å². The van der Waals surface area contributed by atoms with Gasteiger partial charge in [-0.25, -0.2) is 17.9 Å². The van der Waals surface area contributed by atoms with Gasteiger partial charge >= 0.3 is 5.97 Å². The summed E-state index contributed by atoms with van der Waals surface area (Å²) in [6, 6.07) is 1.10. The van der Waals surface area contributed by atoms with E-state index in [0.717, 1.165) is 17.4 Å². The van der Waals surface area contributed by atoms with Crippen LogP contribution in [0.5, 0.6) is 0 Å². The van der Waals surface area contributed by atoms with Gasteiger partial charge in [0.25, 0.3) is 0 Å². The molecule has 6 nitrogen and oxygen atoms in total. The lowest BCUT2D eigenvalue weighted by Crippen LogP contribution is -2.41. The molecule has 0 spiro atoms. The number of hydrogen-bond donors (Lipinski definition) is 3. The van der Waals surface area contributed by atoms with Crippen LogP contribution in [0.1, 0.15) is 37.0 Å². The lowest BCUT2D eigenvalue weighted by atomic mass is 9.98. The fraction of sp³-hybridized carbons (Fsp3) is 0.545. The van der Waals surface area contributed by atoms with Crippen molar-refractivity contribution in [1.82, 2.24) is 4.72 Å². The molecule has 1 aromatic rings. The molecule has 3 N–H and O–H groups in total. The Kier molecular flexibility index (Phi) is 5.08. The highest BCUT2D eigenvalue weighted by Crippen LogP contribution is 2.21. The van der Waals surface area contributed by atoms with Gasteiger partial charge in [0.1, 0.15) is 4.21 Å². The normalized spacial score (nSPS) is 12.6.